The number of rotatable bonds is 4. The summed E-state index contributed by atoms with van der Waals surface area (Å²) in [5, 5.41) is 2.26. The Hall–Kier alpha value is -2.71. The number of nitrogens with zero attached hydrogens (tertiary/aromatic N) is 3. The van der Waals surface area contributed by atoms with Gasteiger partial charge in [0.2, 0.25) is 5.58 Å². The van der Waals surface area contributed by atoms with Gasteiger partial charge in [-0.2, -0.15) is 0 Å². The van der Waals surface area contributed by atoms with Crippen LogP contribution in [-0.2, 0) is 6.42 Å². The standard InChI is InChI=1S/C25H27N3O4S/c1-15-26-22-19(5-6-20-23(22)32-25(30)24(29)31-20)28(15)17-8-12-27(13-9-17)11-7-16-3-2-4-21-18(16)10-14-33-21/h5-6,10,14,16-17H,2-4,7-9,11-13H2,1H3. The summed E-state index contributed by atoms with van der Waals surface area (Å²) in [6.45, 7) is 5.29. The highest BCUT2D eigenvalue weighted by Gasteiger charge is 2.26. The van der Waals surface area contributed by atoms with Crippen molar-refractivity contribution < 1.29 is 8.83 Å². The second-order valence-corrected chi connectivity index (χ2v) is 10.3. The van der Waals surface area contributed by atoms with Crippen LogP contribution < -0.4 is 11.3 Å². The zero-order valence-electron chi connectivity index (χ0n) is 18.7. The highest BCUT2D eigenvalue weighted by molar-refractivity contribution is 7.10. The molecule has 0 saturated carbocycles. The van der Waals surface area contributed by atoms with Crippen molar-refractivity contribution in [3.05, 3.63) is 60.7 Å². The monoisotopic (exact) mass is 465 g/mol. The maximum absolute atomic E-state index is 11.7. The quantitative estimate of drug-likeness (QED) is 0.409. The molecule has 4 aromatic rings. The molecule has 1 aliphatic carbocycles. The largest absolute Gasteiger partial charge is 0.423 e. The normalized spacial score (nSPS) is 20.0. The van der Waals surface area contributed by atoms with Crippen LogP contribution in [0.2, 0.25) is 0 Å². The molecule has 3 aromatic heterocycles. The molecule has 1 unspecified atom stereocenters. The summed E-state index contributed by atoms with van der Waals surface area (Å²) in [6.07, 6.45) is 7.28. The number of imidazole rings is 1. The third kappa shape index (κ3) is 3.65. The van der Waals surface area contributed by atoms with Crippen LogP contribution in [0.4, 0.5) is 0 Å². The van der Waals surface area contributed by atoms with Crippen molar-refractivity contribution in [1.29, 1.82) is 0 Å². The first kappa shape index (κ1) is 20.9. The Balaban J connectivity index is 1.18. The van der Waals surface area contributed by atoms with Crippen LogP contribution in [0, 0.1) is 6.92 Å². The van der Waals surface area contributed by atoms with Gasteiger partial charge in [0.25, 0.3) is 0 Å². The summed E-state index contributed by atoms with van der Waals surface area (Å²) < 4.78 is 12.6. The molecular weight excluding hydrogens is 438 g/mol. The van der Waals surface area contributed by atoms with Gasteiger partial charge in [-0.3, -0.25) is 0 Å². The molecule has 0 N–H and O–H groups in total. The maximum Gasteiger partial charge on any atom is 0.423 e. The van der Waals surface area contributed by atoms with Crippen LogP contribution in [-0.4, -0.2) is 34.1 Å². The lowest BCUT2D eigenvalue weighted by atomic mass is 9.85. The van der Waals surface area contributed by atoms with Gasteiger partial charge in [-0.05, 0) is 87.1 Å². The van der Waals surface area contributed by atoms with E-state index in [4.69, 9.17) is 8.83 Å². The summed E-state index contributed by atoms with van der Waals surface area (Å²) in [5.74, 6) is 1.61. The molecule has 0 radical (unpaired) electrons. The number of likely N-dealkylation sites (tertiary alicyclic amines) is 1. The summed E-state index contributed by atoms with van der Waals surface area (Å²) in [7, 11) is 0. The molecule has 7 nitrogen and oxygen atoms in total. The number of thiophene rings is 1. The van der Waals surface area contributed by atoms with Gasteiger partial charge < -0.3 is 18.3 Å². The Morgan fingerprint density at radius 3 is 2.76 bits per heavy atom. The molecule has 1 atom stereocenters. The minimum absolute atomic E-state index is 0.247. The average molecular weight is 466 g/mol. The van der Waals surface area contributed by atoms with Crippen LogP contribution in [0.5, 0.6) is 0 Å². The number of hydrogen-bond donors (Lipinski definition) is 0. The average Bonchev–Trinajstić information content (AvgIpc) is 3.43. The topological polar surface area (TPSA) is 81.5 Å². The lowest BCUT2D eigenvalue weighted by molar-refractivity contribution is 0.180. The molecule has 6 rings (SSSR count). The zero-order valence-corrected chi connectivity index (χ0v) is 19.5. The Bertz CT molecular complexity index is 1440. The molecule has 172 valence electrons. The second kappa shape index (κ2) is 8.25. The first-order valence-electron chi connectivity index (χ1n) is 11.8. The van der Waals surface area contributed by atoms with Gasteiger partial charge in [0.1, 0.15) is 11.3 Å². The lowest BCUT2D eigenvalue weighted by Crippen LogP contribution is -2.36. The van der Waals surface area contributed by atoms with Gasteiger partial charge in [-0.25, -0.2) is 14.6 Å². The van der Waals surface area contributed by atoms with Crippen LogP contribution in [0.3, 0.4) is 0 Å². The van der Waals surface area contributed by atoms with E-state index in [0.717, 1.165) is 49.7 Å². The highest BCUT2D eigenvalue weighted by atomic mass is 32.1. The molecule has 0 bridgehead atoms. The molecule has 0 spiro atoms. The van der Waals surface area contributed by atoms with Crippen LogP contribution in [0.1, 0.15) is 60.3 Å². The summed E-state index contributed by atoms with van der Waals surface area (Å²) >= 11 is 1.93. The van der Waals surface area contributed by atoms with Crippen LogP contribution in [0.15, 0.2) is 42.0 Å². The molecule has 1 saturated heterocycles. The zero-order chi connectivity index (χ0) is 22.5. The van der Waals surface area contributed by atoms with E-state index in [1.54, 1.807) is 16.5 Å². The smallest absolute Gasteiger partial charge is 0.414 e. The lowest BCUT2D eigenvalue weighted by Gasteiger charge is -2.34. The van der Waals surface area contributed by atoms with Gasteiger partial charge >= 0.3 is 11.3 Å². The number of aryl methyl sites for hydroxylation is 2. The van der Waals surface area contributed by atoms with Crippen LogP contribution in [0.25, 0.3) is 22.2 Å². The van der Waals surface area contributed by atoms with E-state index in [9.17, 15) is 9.59 Å². The van der Waals surface area contributed by atoms with Gasteiger partial charge in [0, 0.05) is 24.0 Å². The molecule has 4 heterocycles. The summed E-state index contributed by atoms with van der Waals surface area (Å²) in [6, 6.07) is 6.30. The summed E-state index contributed by atoms with van der Waals surface area (Å²) in [4.78, 5) is 32.1. The first-order chi connectivity index (χ1) is 16.1. The third-order valence-electron chi connectivity index (χ3n) is 7.41. The first-order valence-corrected chi connectivity index (χ1v) is 12.7. The Kier molecular flexibility index (Phi) is 5.22. The number of fused-ring (bicyclic) bond motifs is 4. The molecule has 8 heteroatoms. The Morgan fingerprint density at radius 2 is 1.91 bits per heavy atom. The fourth-order valence-electron chi connectivity index (χ4n) is 5.77. The molecule has 1 aromatic carbocycles. The Labute approximate surface area is 194 Å². The van der Waals surface area contributed by atoms with Crippen molar-refractivity contribution in [3.63, 3.8) is 0 Å². The van der Waals surface area contributed by atoms with Crippen molar-refractivity contribution in [2.75, 3.05) is 19.6 Å². The fraction of sp³-hybridized carbons (Fsp3) is 0.480. The second-order valence-electron chi connectivity index (χ2n) is 9.32. The molecular formula is C25H27N3O4S. The van der Waals surface area contributed by atoms with Crippen molar-refractivity contribution in [3.8, 4) is 0 Å². The number of aromatic nitrogens is 2. The molecule has 2 aliphatic rings. The SMILES string of the molecule is Cc1nc2c3oc(=O)c(=O)oc3ccc2n1C1CCN(CCC2CCCc3sccc32)CC1. The van der Waals surface area contributed by atoms with Gasteiger partial charge in [0.05, 0.1) is 5.52 Å². The Morgan fingerprint density at radius 1 is 1.09 bits per heavy atom. The summed E-state index contributed by atoms with van der Waals surface area (Å²) in [5.41, 5.74) is 1.62. The maximum atomic E-state index is 11.7. The molecule has 1 fully saturated rings. The van der Waals surface area contributed by atoms with E-state index >= 15 is 0 Å². The predicted molar refractivity (Wildman–Crippen MR) is 128 cm³/mol. The minimum atomic E-state index is -0.997. The predicted octanol–water partition coefficient (Wildman–Crippen LogP) is 4.61. The van der Waals surface area contributed by atoms with Crippen molar-refractivity contribution in [2.45, 2.75) is 57.4 Å². The molecule has 0 amide bonds. The molecule has 33 heavy (non-hydrogen) atoms. The van der Waals surface area contributed by atoms with Gasteiger partial charge in [-0.15, -0.1) is 11.3 Å². The molecule has 1 aliphatic heterocycles. The van der Waals surface area contributed by atoms with Gasteiger partial charge in [0.15, 0.2) is 5.58 Å². The minimum Gasteiger partial charge on any atom is -0.414 e. The number of piperidine rings is 1. The number of hydrogen-bond acceptors (Lipinski definition) is 7. The van der Waals surface area contributed by atoms with Crippen molar-refractivity contribution in [2.24, 2.45) is 0 Å². The fourth-order valence-corrected chi connectivity index (χ4v) is 6.78. The third-order valence-corrected chi connectivity index (χ3v) is 8.41. The van der Waals surface area contributed by atoms with E-state index in [1.165, 1.54) is 25.7 Å². The van der Waals surface area contributed by atoms with Gasteiger partial charge in [-0.1, -0.05) is 0 Å². The van der Waals surface area contributed by atoms with Crippen molar-refractivity contribution >= 4 is 33.5 Å². The van der Waals surface area contributed by atoms with E-state index in [-0.39, 0.29) is 11.2 Å². The highest BCUT2D eigenvalue weighted by Crippen LogP contribution is 2.37. The van der Waals surface area contributed by atoms with Crippen molar-refractivity contribution in [1.82, 2.24) is 14.5 Å². The van der Waals surface area contributed by atoms with E-state index in [1.807, 2.05) is 24.3 Å². The van der Waals surface area contributed by atoms with E-state index in [2.05, 4.69) is 25.9 Å². The number of benzene rings is 1. The van der Waals surface area contributed by atoms with E-state index < -0.39 is 11.3 Å². The van der Waals surface area contributed by atoms with Crippen LogP contribution >= 0.6 is 11.3 Å². The van der Waals surface area contributed by atoms with E-state index in [0.29, 0.717) is 11.6 Å².